The lowest BCUT2D eigenvalue weighted by molar-refractivity contribution is 1.42. The van der Waals surface area contributed by atoms with Crippen molar-refractivity contribution in [1.82, 2.24) is 0 Å². The van der Waals surface area contributed by atoms with E-state index in [1.807, 2.05) is 0 Å². The van der Waals surface area contributed by atoms with Crippen LogP contribution in [-0.2, 0) is 5.33 Å². The maximum atomic E-state index is 5.99. The minimum Gasteiger partial charge on any atom is -0.398 e. The number of alkyl halides is 1. The molecule has 1 nitrogen and oxygen atoms in total. The summed E-state index contributed by atoms with van der Waals surface area (Å²) in [5, 5.41) is 4.22. The molecule has 2 aromatic rings. The predicted octanol–water partition coefficient (Wildman–Crippen LogP) is 3.69. The summed E-state index contributed by atoms with van der Waals surface area (Å²) in [7, 11) is 0. The van der Waals surface area contributed by atoms with Gasteiger partial charge in [0.2, 0.25) is 0 Å². The summed E-state index contributed by atoms with van der Waals surface area (Å²) in [6.07, 6.45) is 0. The van der Waals surface area contributed by atoms with Gasteiger partial charge in [-0.1, -0.05) is 15.9 Å². The van der Waals surface area contributed by atoms with Crippen molar-refractivity contribution in [3.8, 4) is 0 Å². The average Bonchev–Trinajstić information content (AvgIpc) is 2.59. The number of hydrogen-bond acceptors (Lipinski definition) is 2. The summed E-state index contributed by atoms with van der Waals surface area (Å²) in [5.74, 6) is 0. The number of halogens is 1. The van der Waals surface area contributed by atoms with E-state index in [4.69, 9.17) is 5.73 Å². The van der Waals surface area contributed by atoms with Crippen LogP contribution in [0.5, 0.6) is 0 Å². The van der Waals surface area contributed by atoms with Crippen LogP contribution in [0.2, 0.25) is 0 Å². The van der Waals surface area contributed by atoms with E-state index in [0.717, 1.165) is 11.0 Å². The van der Waals surface area contributed by atoms with Gasteiger partial charge in [-0.25, -0.2) is 0 Å². The van der Waals surface area contributed by atoms with E-state index in [9.17, 15) is 0 Å². The van der Waals surface area contributed by atoms with Crippen LogP contribution in [0.3, 0.4) is 0 Å². The molecular formula is C10H10BrNS. The van der Waals surface area contributed by atoms with Crippen LogP contribution in [0.4, 0.5) is 5.69 Å². The van der Waals surface area contributed by atoms with Crippen molar-refractivity contribution in [1.29, 1.82) is 0 Å². The van der Waals surface area contributed by atoms with Crippen LogP contribution in [-0.4, -0.2) is 0 Å². The second-order valence-electron chi connectivity index (χ2n) is 3.04. The third-order valence-corrected chi connectivity index (χ3v) is 3.77. The monoisotopic (exact) mass is 255 g/mol. The summed E-state index contributed by atoms with van der Waals surface area (Å²) in [4.78, 5) is 0. The molecule has 0 atom stereocenters. The molecule has 2 N–H and O–H groups in total. The molecule has 0 bridgehead atoms. The minimum atomic E-state index is 0.827. The lowest BCUT2D eigenvalue weighted by atomic mass is 10.1. The predicted molar refractivity (Wildman–Crippen MR) is 63.6 cm³/mol. The molecule has 1 aromatic carbocycles. The zero-order valence-corrected chi connectivity index (χ0v) is 9.71. The molecule has 1 heterocycles. The maximum absolute atomic E-state index is 5.99. The van der Waals surface area contributed by atoms with Crippen molar-refractivity contribution in [3.05, 3.63) is 28.6 Å². The van der Waals surface area contributed by atoms with Crippen molar-refractivity contribution in [2.75, 3.05) is 5.73 Å². The number of nitrogen functional groups attached to an aromatic ring is 1. The molecule has 3 heteroatoms. The first-order chi connectivity index (χ1) is 6.24. The molecule has 0 radical (unpaired) electrons. The van der Waals surface area contributed by atoms with E-state index in [1.54, 1.807) is 11.3 Å². The van der Waals surface area contributed by atoms with Gasteiger partial charge in [-0.3, -0.25) is 0 Å². The van der Waals surface area contributed by atoms with E-state index in [-0.39, 0.29) is 0 Å². The van der Waals surface area contributed by atoms with E-state index in [2.05, 4.69) is 40.4 Å². The highest BCUT2D eigenvalue weighted by molar-refractivity contribution is 9.08. The number of rotatable bonds is 1. The van der Waals surface area contributed by atoms with Crippen molar-refractivity contribution < 1.29 is 0 Å². The van der Waals surface area contributed by atoms with E-state index in [0.29, 0.717) is 0 Å². The van der Waals surface area contributed by atoms with Crippen molar-refractivity contribution in [2.45, 2.75) is 12.3 Å². The molecule has 0 amide bonds. The number of nitrogens with two attached hydrogens (primary N) is 1. The molecule has 13 heavy (non-hydrogen) atoms. The molecule has 0 aliphatic carbocycles. The Morgan fingerprint density at radius 3 is 3.00 bits per heavy atom. The quantitative estimate of drug-likeness (QED) is 0.611. The minimum absolute atomic E-state index is 0.827. The van der Waals surface area contributed by atoms with Crippen LogP contribution < -0.4 is 5.73 Å². The molecular weight excluding hydrogens is 246 g/mol. The molecule has 68 valence electrons. The summed E-state index contributed by atoms with van der Waals surface area (Å²) in [5.41, 5.74) is 9.30. The number of fused-ring (bicyclic) bond motifs is 1. The second kappa shape index (κ2) is 3.31. The first-order valence-corrected chi connectivity index (χ1v) is 6.05. The van der Waals surface area contributed by atoms with Gasteiger partial charge in [-0.05, 0) is 40.9 Å². The molecule has 0 unspecified atom stereocenters. The second-order valence-corrected chi connectivity index (χ2v) is 4.55. The van der Waals surface area contributed by atoms with Gasteiger partial charge in [-0.15, -0.1) is 11.3 Å². The molecule has 0 aliphatic heterocycles. The maximum Gasteiger partial charge on any atom is 0.0391 e. The van der Waals surface area contributed by atoms with Crippen LogP contribution in [0, 0.1) is 6.92 Å². The van der Waals surface area contributed by atoms with Gasteiger partial charge in [0.25, 0.3) is 0 Å². The first-order valence-electron chi connectivity index (χ1n) is 4.05. The normalized spacial score (nSPS) is 10.9. The lowest BCUT2D eigenvalue weighted by Crippen LogP contribution is -1.95. The molecule has 0 saturated heterocycles. The summed E-state index contributed by atoms with van der Waals surface area (Å²) in [6.45, 7) is 2.08. The Morgan fingerprint density at radius 1 is 1.54 bits per heavy atom. The van der Waals surface area contributed by atoms with E-state index < -0.39 is 0 Å². The average molecular weight is 256 g/mol. The van der Waals surface area contributed by atoms with Crippen molar-refractivity contribution >= 4 is 43.0 Å². The molecule has 0 spiro atoms. The zero-order chi connectivity index (χ0) is 9.42. The number of anilines is 1. The van der Waals surface area contributed by atoms with Crippen molar-refractivity contribution in [2.24, 2.45) is 0 Å². The Labute approximate surface area is 89.7 Å². The Bertz CT molecular complexity index is 447. The third kappa shape index (κ3) is 1.36. The molecule has 0 saturated carbocycles. The van der Waals surface area contributed by atoms with Gasteiger partial charge in [0.05, 0.1) is 0 Å². The first kappa shape index (κ1) is 9.03. The lowest BCUT2D eigenvalue weighted by Gasteiger charge is -2.06. The number of hydrogen-bond donors (Lipinski definition) is 1. The molecule has 0 fully saturated rings. The van der Waals surface area contributed by atoms with Crippen LogP contribution in [0.1, 0.15) is 11.1 Å². The van der Waals surface area contributed by atoms with Gasteiger partial charge in [0.1, 0.15) is 0 Å². The zero-order valence-electron chi connectivity index (χ0n) is 7.30. The fourth-order valence-electron chi connectivity index (χ4n) is 1.48. The summed E-state index contributed by atoms with van der Waals surface area (Å²) in [6, 6.07) is 4.29. The Balaban J connectivity index is 2.83. The Morgan fingerprint density at radius 2 is 2.31 bits per heavy atom. The number of thiophene rings is 1. The third-order valence-electron chi connectivity index (χ3n) is 2.30. The van der Waals surface area contributed by atoms with Gasteiger partial charge in [-0.2, -0.15) is 0 Å². The Hall–Kier alpha value is -0.540. The van der Waals surface area contributed by atoms with Gasteiger partial charge < -0.3 is 5.73 Å². The van der Waals surface area contributed by atoms with E-state index >= 15 is 0 Å². The van der Waals surface area contributed by atoms with Crippen LogP contribution in [0.15, 0.2) is 17.5 Å². The smallest absolute Gasteiger partial charge is 0.0391 e. The van der Waals surface area contributed by atoms with Gasteiger partial charge in [0.15, 0.2) is 0 Å². The summed E-state index contributed by atoms with van der Waals surface area (Å²) >= 11 is 5.20. The standard InChI is InChI=1S/C10H10BrNS/c1-6-8-2-3-13-9(8)4-7(5-11)10(6)12/h2-4H,5,12H2,1H3. The highest BCUT2D eigenvalue weighted by Crippen LogP contribution is 2.31. The molecule has 1 aromatic heterocycles. The Kier molecular flexibility index (Phi) is 2.30. The topological polar surface area (TPSA) is 26.0 Å². The van der Waals surface area contributed by atoms with Crippen LogP contribution >= 0.6 is 27.3 Å². The number of benzene rings is 1. The fourth-order valence-corrected chi connectivity index (χ4v) is 2.85. The highest BCUT2D eigenvalue weighted by atomic mass is 79.9. The fraction of sp³-hybridized carbons (Fsp3) is 0.200. The largest absolute Gasteiger partial charge is 0.398 e. The SMILES string of the molecule is Cc1c(N)c(CBr)cc2sccc12. The summed E-state index contributed by atoms with van der Waals surface area (Å²) < 4.78 is 1.32. The van der Waals surface area contributed by atoms with Gasteiger partial charge >= 0.3 is 0 Å². The van der Waals surface area contributed by atoms with Crippen LogP contribution in [0.25, 0.3) is 10.1 Å². The van der Waals surface area contributed by atoms with E-state index in [1.165, 1.54) is 21.2 Å². The molecule has 2 rings (SSSR count). The number of aryl methyl sites for hydroxylation is 1. The van der Waals surface area contributed by atoms with Crippen molar-refractivity contribution in [3.63, 3.8) is 0 Å². The van der Waals surface area contributed by atoms with Gasteiger partial charge in [0, 0.05) is 15.7 Å². The highest BCUT2D eigenvalue weighted by Gasteiger charge is 2.06. The molecule has 0 aliphatic rings.